The summed E-state index contributed by atoms with van der Waals surface area (Å²) in [5, 5.41) is 11.6. The molecule has 0 aromatic heterocycles. The van der Waals surface area contributed by atoms with Crippen molar-refractivity contribution in [2.75, 3.05) is 27.2 Å². The van der Waals surface area contributed by atoms with Crippen molar-refractivity contribution >= 4 is 5.91 Å². The highest BCUT2D eigenvalue weighted by atomic mass is 16.3. The summed E-state index contributed by atoms with van der Waals surface area (Å²) in [4.78, 5) is 12.7. The summed E-state index contributed by atoms with van der Waals surface area (Å²) in [6.45, 7) is 6.11. The maximum atomic E-state index is 10.5. The van der Waals surface area contributed by atoms with E-state index >= 15 is 0 Å². The Balaban J connectivity index is 0.000000265. The monoisotopic (exact) mass is 244 g/mol. The zero-order valence-electron chi connectivity index (χ0n) is 11.7. The van der Waals surface area contributed by atoms with Crippen molar-refractivity contribution in [3.05, 3.63) is 0 Å². The largest absolute Gasteiger partial charge is 0.393 e. The molecule has 0 radical (unpaired) electrons. The fourth-order valence-corrected chi connectivity index (χ4v) is 1.54. The summed E-state index contributed by atoms with van der Waals surface area (Å²) in [5.74, 6) is 0.574. The highest BCUT2D eigenvalue weighted by Gasteiger charge is 2.28. The van der Waals surface area contributed by atoms with Gasteiger partial charge in [0.25, 0.3) is 0 Å². The number of rotatable bonds is 1. The van der Waals surface area contributed by atoms with Gasteiger partial charge >= 0.3 is 0 Å². The summed E-state index contributed by atoms with van der Waals surface area (Å²) >= 11 is 0. The van der Waals surface area contributed by atoms with Crippen LogP contribution >= 0.6 is 0 Å². The summed E-state index contributed by atoms with van der Waals surface area (Å²) in [7, 11) is 3.77. The molecule has 1 heterocycles. The quantitative estimate of drug-likeness (QED) is 0.730. The third kappa shape index (κ3) is 8.16. The lowest BCUT2D eigenvalue weighted by Gasteiger charge is -2.25. The van der Waals surface area contributed by atoms with Gasteiger partial charge in [-0.2, -0.15) is 0 Å². The summed E-state index contributed by atoms with van der Waals surface area (Å²) in [6, 6.07) is 0. The van der Waals surface area contributed by atoms with Crippen LogP contribution in [0.5, 0.6) is 0 Å². The zero-order valence-corrected chi connectivity index (χ0v) is 11.7. The van der Waals surface area contributed by atoms with Crippen LogP contribution in [0.4, 0.5) is 0 Å². The summed E-state index contributed by atoms with van der Waals surface area (Å²) in [5.41, 5.74) is 0. The number of nitrogens with zero attached hydrogens (tertiary/aromatic N) is 1. The second-order valence-corrected chi connectivity index (χ2v) is 4.42. The summed E-state index contributed by atoms with van der Waals surface area (Å²) < 4.78 is 0. The van der Waals surface area contributed by atoms with Gasteiger partial charge in [-0.05, 0) is 32.7 Å². The van der Waals surface area contributed by atoms with E-state index in [1.165, 1.54) is 0 Å². The molecule has 0 bridgehead atoms. The van der Waals surface area contributed by atoms with E-state index in [0.29, 0.717) is 5.92 Å². The van der Waals surface area contributed by atoms with E-state index in [9.17, 15) is 4.79 Å². The number of aliphatic hydroxyl groups excluding tert-OH is 1. The minimum atomic E-state index is -0.0220. The molecule has 17 heavy (non-hydrogen) atoms. The SMILES string of the molecule is CC.CN1CCC(O)CC1.CNC(=O)C1CC1. The standard InChI is InChI=1S/C6H13NO.C5H9NO.C2H6/c1-7-4-2-6(8)3-5-7;1-6-5(7)4-2-3-4;1-2/h6,8H,2-5H2,1H3;4H,2-3H2,1H3,(H,6,7);1-2H3. The van der Waals surface area contributed by atoms with Gasteiger partial charge in [-0.25, -0.2) is 0 Å². The predicted molar refractivity (Wildman–Crippen MR) is 70.9 cm³/mol. The Morgan fingerprint density at radius 3 is 1.88 bits per heavy atom. The van der Waals surface area contributed by atoms with Crippen molar-refractivity contribution < 1.29 is 9.90 Å². The first-order valence-corrected chi connectivity index (χ1v) is 6.71. The van der Waals surface area contributed by atoms with E-state index in [2.05, 4.69) is 17.3 Å². The molecule has 2 aliphatic rings. The number of aliphatic hydroxyl groups is 1. The topological polar surface area (TPSA) is 52.6 Å². The Morgan fingerprint density at radius 1 is 1.18 bits per heavy atom. The number of hydrogen-bond donors (Lipinski definition) is 2. The lowest BCUT2D eigenvalue weighted by atomic mass is 10.1. The number of likely N-dealkylation sites (tertiary alicyclic amines) is 1. The fraction of sp³-hybridized carbons (Fsp3) is 0.923. The van der Waals surface area contributed by atoms with E-state index in [1.54, 1.807) is 7.05 Å². The van der Waals surface area contributed by atoms with Gasteiger partial charge in [-0.15, -0.1) is 0 Å². The van der Waals surface area contributed by atoms with Crippen molar-refractivity contribution in [1.82, 2.24) is 10.2 Å². The normalized spacial score (nSPS) is 20.5. The second-order valence-electron chi connectivity index (χ2n) is 4.42. The Labute approximate surface area is 105 Å². The van der Waals surface area contributed by atoms with Gasteiger partial charge in [0.15, 0.2) is 0 Å². The zero-order chi connectivity index (χ0) is 13.3. The molecule has 4 nitrogen and oxygen atoms in total. The second kappa shape index (κ2) is 9.42. The minimum absolute atomic E-state index is 0.0220. The van der Waals surface area contributed by atoms with E-state index in [-0.39, 0.29) is 12.0 Å². The Hall–Kier alpha value is -0.610. The Bertz CT molecular complexity index is 188. The van der Waals surface area contributed by atoms with Gasteiger partial charge in [0.1, 0.15) is 0 Å². The molecule has 2 N–H and O–H groups in total. The van der Waals surface area contributed by atoms with Crippen LogP contribution < -0.4 is 5.32 Å². The average molecular weight is 244 g/mol. The minimum Gasteiger partial charge on any atom is -0.393 e. The van der Waals surface area contributed by atoms with Gasteiger partial charge in [-0.3, -0.25) is 4.79 Å². The molecule has 102 valence electrons. The molecule has 1 saturated carbocycles. The third-order valence-corrected chi connectivity index (χ3v) is 2.88. The van der Waals surface area contributed by atoms with Crippen LogP contribution in [0.1, 0.15) is 39.5 Å². The van der Waals surface area contributed by atoms with Crippen LogP contribution in [-0.2, 0) is 4.79 Å². The van der Waals surface area contributed by atoms with Crippen LogP contribution in [-0.4, -0.2) is 49.2 Å². The number of nitrogens with one attached hydrogen (secondary N) is 1. The number of carbonyl (C=O) groups is 1. The molecule has 2 rings (SSSR count). The lowest BCUT2D eigenvalue weighted by Crippen LogP contribution is -2.32. The lowest BCUT2D eigenvalue weighted by molar-refractivity contribution is -0.121. The maximum absolute atomic E-state index is 10.5. The number of hydrogen-bond acceptors (Lipinski definition) is 3. The Morgan fingerprint density at radius 2 is 1.65 bits per heavy atom. The first-order valence-electron chi connectivity index (χ1n) is 6.71. The molecule has 4 heteroatoms. The molecule has 0 unspecified atom stereocenters. The molecule has 1 saturated heterocycles. The highest BCUT2D eigenvalue weighted by molar-refractivity contribution is 5.80. The molecule has 1 aliphatic heterocycles. The smallest absolute Gasteiger partial charge is 0.222 e. The van der Waals surface area contributed by atoms with Crippen molar-refractivity contribution in [3.8, 4) is 0 Å². The van der Waals surface area contributed by atoms with Crippen molar-refractivity contribution in [2.24, 2.45) is 5.92 Å². The van der Waals surface area contributed by atoms with Gasteiger partial charge in [0.05, 0.1) is 6.10 Å². The first kappa shape index (κ1) is 16.4. The van der Waals surface area contributed by atoms with Gasteiger partial charge in [-0.1, -0.05) is 13.8 Å². The van der Waals surface area contributed by atoms with Gasteiger partial charge < -0.3 is 15.3 Å². The highest BCUT2D eigenvalue weighted by Crippen LogP contribution is 2.28. The molecular weight excluding hydrogens is 216 g/mol. The van der Waals surface area contributed by atoms with E-state index in [1.807, 2.05) is 13.8 Å². The Kier molecular flexibility index (Phi) is 9.09. The molecule has 0 aromatic rings. The van der Waals surface area contributed by atoms with Crippen molar-refractivity contribution in [1.29, 1.82) is 0 Å². The van der Waals surface area contributed by atoms with Crippen LogP contribution in [0.25, 0.3) is 0 Å². The molecule has 0 atom stereocenters. The summed E-state index contributed by atoms with van der Waals surface area (Å²) in [6.07, 6.45) is 4.08. The van der Waals surface area contributed by atoms with Crippen molar-refractivity contribution in [2.45, 2.75) is 45.6 Å². The van der Waals surface area contributed by atoms with Crippen LogP contribution in [0.3, 0.4) is 0 Å². The molecule has 0 spiro atoms. The molecule has 1 amide bonds. The van der Waals surface area contributed by atoms with E-state index < -0.39 is 0 Å². The maximum Gasteiger partial charge on any atom is 0.222 e. The molecule has 2 fully saturated rings. The number of amides is 1. The van der Waals surface area contributed by atoms with Crippen molar-refractivity contribution in [3.63, 3.8) is 0 Å². The first-order chi connectivity index (χ1) is 8.13. The number of piperidine rings is 1. The molecule has 1 aliphatic carbocycles. The van der Waals surface area contributed by atoms with Gasteiger partial charge in [0, 0.05) is 26.1 Å². The fourth-order valence-electron chi connectivity index (χ4n) is 1.54. The van der Waals surface area contributed by atoms with Crippen LogP contribution in [0.2, 0.25) is 0 Å². The molecular formula is C13H28N2O2. The van der Waals surface area contributed by atoms with Gasteiger partial charge in [0.2, 0.25) is 5.91 Å². The predicted octanol–water partition coefficient (Wildman–Crippen LogP) is 1.24. The van der Waals surface area contributed by atoms with Crippen LogP contribution in [0, 0.1) is 5.92 Å². The van der Waals surface area contributed by atoms with Crippen LogP contribution in [0.15, 0.2) is 0 Å². The van der Waals surface area contributed by atoms with E-state index in [4.69, 9.17) is 5.11 Å². The van der Waals surface area contributed by atoms with E-state index in [0.717, 1.165) is 38.8 Å². The average Bonchev–Trinajstić information content (AvgIpc) is 3.19. The molecule has 0 aromatic carbocycles. The third-order valence-electron chi connectivity index (χ3n) is 2.88. The number of carbonyl (C=O) groups excluding carboxylic acids is 1.